The van der Waals surface area contributed by atoms with Gasteiger partial charge in [0.15, 0.2) is 0 Å². The van der Waals surface area contributed by atoms with E-state index >= 15 is 0 Å². The summed E-state index contributed by atoms with van der Waals surface area (Å²) in [5, 5.41) is 9.12. The predicted octanol–water partition coefficient (Wildman–Crippen LogP) is 2.04. The Hall–Kier alpha value is -2.02. The first-order valence-corrected chi connectivity index (χ1v) is 6.73. The summed E-state index contributed by atoms with van der Waals surface area (Å²) >= 11 is 0. The van der Waals surface area contributed by atoms with E-state index in [1.165, 1.54) is 0 Å². The fourth-order valence-electron chi connectivity index (χ4n) is 2.65. The van der Waals surface area contributed by atoms with Crippen LogP contribution in [0.15, 0.2) is 24.3 Å². The molecule has 1 aliphatic rings. The largest absolute Gasteiger partial charge is 0.370 e. The van der Waals surface area contributed by atoms with Crippen molar-refractivity contribution in [3.63, 3.8) is 0 Å². The summed E-state index contributed by atoms with van der Waals surface area (Å²) in [5.74, 6) is 0.371. The minimum atomic E-state index is -0.211. The third kappa shape index (κ3) is 3.47. The molecule has 2 N–H and O–H groups in total. The van der Waals surface area contributed by atoms with Crippen LogP contribution in [0.25, 0.3) is 0 Å². The number of nitrogens with two attached hydrogens (primary N) is 1. The zero-order valence-corrected chi connectivity index (χ0v) is 11.0. The number of primary amides is 1. The number of benzene rings is 1. The van der Waals surface area contributed by atoms with Crippen molar-refractivity contribution in [3.05, 3.63) is 29.8 Å². The van der Waals surface area contributed by atoms with E-state index in [9.17, 15) is 4.79 Å². The highest BCUT2D eigenvalue weighted by molar-refractivity contribution is 5.73. The van der Waals surface area contributed by atoms with Gasteiger partial charge in [0, 0.05) is 19.5 Å². The van der Waals surface area contributed by atoms with Gasteiger partial charge in [0.1, 0.15) is 6.07 Å². The van der Waals surface area contributed by atoms with Gasteiger partial charge in [-0.1, -0.05) is 12.1 Å². The molecule has 0 saturated carbocycles. The standard InChI is InChI=1S/C15H19N3O/c16-11-13-3-1-2-4-14(13)18-9-7-12(8-10-18)5-6-15(17)19/h1-4,12H,5-10H2,(H2,17,19). The number of nitrogens with zero attached hydrogens (tertiary/aromatic N) is 2. The second kappa shape index (κ2) is 6.24. The number of amides is 1. The van der Waals surface area contributed by atoms with Crippen LogP contribution in [0.4, 0.5) is 5.69 Å². The predicted molar refractivity (Wildman–Crippen MR) is 74.5 cm³/mol. The molecule has 1 amide bonds. The van der Waals surface area contributed by atoms with Gasteiger partial charge in [0.2, 0.25) is 5.91 Å². The molecule has 2 rings (SSSR count). The summed E-state index contributed by atoms with van der Waals surface area (Å²) in [5.41, 5.74) is 6.94. The van der Waals surface area contributed by atoms with Gasteiger partial charge in [-0.3, -0.25) is 4.79 Å². The number of para-hydroxylation sites is 1. The van der Waals surface area contributed by atoms with E-state index in [4.69, 9.17) is 11.0 Å². The van der Waals surface area contributed by atoms with Crippen LogP contribution in [-0.2, 0) is 4.79 Å². The highest BCUT2D eigenvalue weighted by atomic mass is 16.1. The molecule has 4 nitrogen and oxygen atoms in total. The molecule has 0 unspecified atom stereocenters. The zero-order chi connectivity index (χ0) is 13.7. The Bertz CT molecular complexity index is 484. The number of hydrogen-bond acceptors (Lipinski definition) is 3. The fraction of sp³-hybridized carbons (Fsp3) is 0.467. The smallest absolute Gasteiger partial charge is 0.217 e. The molecule has 19 heavy (non-hydrogen) atoms. The van der Waals surface area contributed by atoms with Crippen LogP contribution in [0.3, 0.4) is 0 Å². The normalized spacial score (nSPS) is 16.1. The summed E-state index contributed by atoms with van der Waals surface area (Å²) in [7, 11) is 0. The molecule has 0 aliphatic carbocycles. The molecule has 0 atom stereocenters. The maximum Gasteiger partial charge on any atom is 0.217 e. The van der Waals surface area contributed by atoms with Gasteiger partial charge in [-0.25, -0.2) is 0 Å². The van der Waals surface area contributed by atoms with Crippen LogP contribution < -0.4 is 10.6 Å². The Morgan fingerprint density at radius 2 is 2.05 bits per heavy atom. The second-order valence-corrected chi connectivity index (χ2v) is 5.06. The van der Waals surface area contributed by atoms with E-state index in [1.807, 2.05) is 24.3 Å². The first-order chi connectivity index (χ1) is 9.20. The number of rotatable bonds is 4. The highest BCUT2D eigenvalue weighted by Gasteiger charge is 2.21. The average Bonchev–Trinajstić information content (AvgIpc) is 2.45. The summed E-state index contributed by atoms with van der Waals surface area (Å²) in [4.78, 5) is 13.1. The zero-order valence-electron chi connectivity index (χ0n) is 11.0. The summed E-state index contributed by atoms with van der Waals surface area (Å²) < 4.78 is 0. The van der Waals surface area contributed by atoms with Crippen molar-refractivity contribution >= 4 is 11.6 Å². The summed E-state index contributed by atoms with van der Waals surface area (Å²) in [6.45, 7) is 1.89. The van der Waals surface area contributed by atoms with Gasteiger partial charge in [-0.05, 0) is 37.3 Å². The molecule has 0 aromatic heterocycles. The maximum atomic E-state index is 10.8. The summed E-state index contributed by atoms with van der Waals surface area (Å²) in [6, 6.07) is 9.96. The van der Waals surface area contributed by atoms with Gasteiger partial charge >= 0.3 is 0 Å². The molecular weight excluding hydrogens is 238 g/mol. The molecule has 1 aromatic carbocycles. The van der Waals surface area contributed by atoms with Crippen LogP contribution >= 0.6 is 0 Å². The van der Waals surface area contributed by atoms with Crippen molar-refractivity contribution in [1.29, 1.82) is 5.26 Å². The van der Waals surface area contributed by atoms with E-state index in [1.54, 1.807) is 0 Å². The molecule has 4 heteroatoms. The fourth-order valence-corrected chi connectivity index (χ4v) is 2.65. The van der Waals surface area contributed by atoms with Gasteiger partial charge in [0.25, 0.3) is 0 Å². The van der Waals surface area contributed by atoms with Crippen molar-refractivity contribution in [2.75, 3.05) is 18.0 Å². The maximum absolute atomic E-state index is 10.8. The van der Waals surface area contributed by atoms with E-state index in [-0.39, 0.29) is 5.91 Å². The SMILES string of the molecule is N#Cc1ccccc1N1CCC(CCC(N)=O)CC1. The Labute approximate surface area is 113 Å². The second-order valence-electron chi connectivity index (χ2n) is 5.06. The molecule has 0 radical (unpaired) electrons. The van der Waals surface area contributed by atoms with Crippen molar-refractivity contribution < 1.29 is 4.79 Å². The third-order valence-electron chi connectivity index (χ3n) is 3.78. The van der Waals surface area contributed by atoms with Crippen molar-refractivity contribution in [3.8, 4) is 6.07 Å². The minimum Gasteiger partial charge on any atom is -0.370 e. The lowest BCUT2D eigenvalue weighted by atomic mass is 9.91. The van der Waals surface area contributed by atoms with Crippen LogP contribution in [0.2, 0.25) is 0 Å². The number of carbonyl (C=O) groups excluding carboxylic acids is 1. The summed E-state index contributed by atoms with van der Waals surface area (Å²) in [6.07, 6.45) is 3.50. The van der Waals surface area contributed by atoms with Gasteiger partial charge in [0.05, 0.1) is 11.3 Å². The monoisotopic (exact) mass is 257 g/mol. The van der Waals surface area contributed by atoms with E-state index in [0.29, 0.717) is 12.3 Å². The number of carbonyl (C=O) groups is 1. The van der Waals surface area contributed by atoms with E-state index in [2.05, 4.69) is 11.0 Å². The number of anilines is 1. The third-order valence-corrected chi connectivity index (χ3v) is 3.78. The Balaban J connectivity index is 1.93. The van der Waals surface area contributed by atoms with Crippen LogP contribution in [0.1, 0.15) is 31.2 Å². The first-order valence-electron chi connectivity index (χ1n) is 6.73. The van der Waals surface area contributed by atoms with E-state index in [0.717, 1.165) is 43.6 Å². The van der Waals surface area contributed by atoms with Crippen molar-refractivity contribution in [2.45, 2.75) is 25.7 Å². The molecule has 100 valence electrons. The highest BCUT2D eigenvalue weighted by Crippen LogP contribution is 2.27. The van der Waals surface area contributed by atoms with Crippen molar-refractivity contribution in [2.24, 2.45) is 11.7 Å². The molecule has 0 bridgehead atoms. The lowest BCUT2D eigenvalue weighted by molar-refractivity contribution is -0.118. The van der Waals surface area contributed by atoms with E-state index < -0.39 is 0 Å². The Morgan fingerprint density at radius 3 is 2.68 bits per heavy atom. The van der Waals surface area contributed by atoms with Gasteiger partial charge in [-0.15, -0.1) is 0 Å². The lowest BCUT2D eigenvalue weighted by Crippen LogP contribution is -2.34. The van der Waals surface area contributed by atoms with Crippen LogP contribution in [-0.4, -0.2) is 19.0 Å². The quantitative estimate of drug-likeness (QED) is 0.897. The molecule has 1 fully saturated rings. The van der Waals surface area contributed by atoms with Crippen LogP contribution in [0.5, 0.6) is 0 Å². The average molecular weight is 257 g/mol. The van der Waals surface area contributed by atoms with Gasteiger partial charge in [-0.2, -0.15) is 5.26 Å². The number of nitriles is 1. The lowest BCUT2D eigenvalue weighted by Gasteiger charge is -2.34. The first kappa shape index (κ1) is 13.4. The molecule has 1 saturated heterocycles. The van der Waals surface area contributed by atoms with Crippen LogP contribution in [0, 0.1) is 17.2 Å². The molecule has 1 heterocycles. The van der Waals surface area contributed by atoms with Crippen molar-refractivity contribution in [1.82, 2.24) is 0 Å². The minimum absolute atomic E-state index is 0.211. The molecular formula is C15H19N3O. The molecule has 1 aliphatic heterocycles. The number of piperidine rings is 1. The number of hydrogen-bond donors (Lipinski definition) is 1. The topological polar surface area (TPSA) is 70.1 Å². The Morgan fingerprint density at radius 1 is 1.37 bits per heavy atom. The molecule has 1 aromatic rings. The van der Waals surface area contributed by atoms with Gasteiger partial charge < -0.3 is 10.6 Å². The Kier molecular flexibility index (Phi) is 4.40. The molecule has 0 spiro atoms.